The van der Waals surface area contributed by atoms with Crippen molar-refractivity contribution in [1.82, 2.24) is 15.2 Å². The van der Waals surface area contributed by atoms with Crippen LogP contribution in [0.5, 0.6) is 5.88 Å². The molecule has 1 fully saturated rings. The van der Waals surface area contributed by atoms with Gasteiger partial charge in [-0.05, 0) is 25.1 Å². The zero-order valence-corrected chi connectivity index (χ0v) is 18.3. The van der Waals surface area contributed by atoms with Gasteiger partial charge >= 0.3 is 0 Å². The largest absolute Gasteiger partial charge is 0.481 e. The number of halogens is 1. The average Bonchev–Trinajstić information content (AvgIpc) is 2.72. The Hall–Kier alpha value is -2.03. The summed E-state index contributed by atoms with van der Waals surface area (Å²) in [7, 11) is 1.63. The van der Waals surface area contributed by atoms with Gasteiger partial charge in [-0.15, -0.1) is 24.0 Å². The molecule has 0 atom stereocenters. The number of piperazine rings is 1. The van der Waals surface area contributed by atoms with Gasteiger partial charge in [0.15, 0.2) is 5.96 Å². The van der Waals surface area contributed by atoms with Crippen LogP contribution in [0.15, 0.2) is 53.5 Å². The second kappa shape index (κ2) is 11.0. The fraction of sp³-hybridized carbons (Fsp3) is 0.400. The first-order valence-electron chi connectivity index (χ1n) is 9.13. The molecule has 27 heavy (non-hydrogen) atoms. The molecule has 3 rings (SSSR count). The van der Waals surface area contributed by atoms with Crippen LogP contribution in [-0.2, 0) is 6.54 Å². The zero-order chi connectivity index (χ0) is 18.2. The number of para-hydroxylation sites is 1. The Bertz CT molecular complexity index is 717. The second-order valence-electron chi connectivity index (χ2n) is 6.15. The predicted octanol–water partition coefficient (Wildman–Crippen LogP) is 3.00. The molecule has 1 aromatic carbocycles. The van der Waals surface area contributed by atoms with Crippen LogP contribution in [0.2, 0.25) is 0 Å². The highest BCUT2D eigenvalue weighted by Crippen LogP contribution is 2.15. The summed E-state index contributed by atoms with van der Waals surface area (Å²) in [6, 6.07) is 16.4. The normalized spacial score (nSPS) is 14.5. The minimum absolute atomic E-state index is 0. The number of hydrogen-bond acceptors (Lipinski definition) is 4. The molecule has 1 aromatic heterocycles. The van der Waals surface area contributed by atoms with E-state index in [-0.39, 0.29) is 24.0 Å². The molecular weight excluding hydrogens is 453 g/mol. The summed E-state index contributed by atoms with van der Waals surface area (Å²) in [4.78, 5) is 14.0. The topological polar surface area (TPSA) is 53.0 Å². The smallest absolute Gasteiger partial charge is 0.213 e. The number of hydrogen-bond donors (Lipinski definition) is 1. The van der Waals surface area contributed by atoms with Crippen molar-refractivity contribution in [3.8, 4) is 5.88 Å². The summed E-state index contributed by atoms with van der Waals surface area (Å²) >= 11 is 0. The number of methoxy groups -OCH3 is 1. The number of anilines is 1. The molecule has 1 aliphatic heterocycles. The summed E-state index contributed by atoms with van der Waals surface area (Å²) in [6.45, 7) is 7.37. The average molecular weight is 481 g/mol. The Labute approximate surface area is 178 Å². The Morgan fingerprint density at radius 3 is 2.48 bits per heavy atom. The van der Waals surface area contributed by atoms with Gasteiger partial charge in [-0.1, -0.05) is 24.3 Å². The van der Waals surface area contributed by atoms with Gasteiger partial charge in [-0.3, -0.25) is 0 Å². The number of aromatic nitrogens is 1. The number of nitrogens with one attached hydrogen (secondary N) is 1. The van der Waals surface area contributed by atoms with Crippen molar-refractivity contribution in [3.05, 3.63) is 54.2 Å². The van der Waals surface area contributed by atoms with E-state index in [1.54, 1.807) is 7.11 Å². The predicted molar refractivity (Wildman–Crippen MR) is 121 cm³/mol. The molecule has 1 N–H and O–H groups in total. The number of ether oxygens (including phenoxy) is 1. The standard InChI is InChI=1S/C20H27N5O.HI/c1-3-21-20(22-16-17-8-7-11-19(23-17)26-2)25-14-12-24(13-15-25)18-9-5-4-6-10-18;/h4-11H,3,12-16H2,1-2H3,(H,21,22);1H. The molecule has 0 amide bonds. The Balaban J connectivity index is 0.00000261. The van der Waals surface area contributed by atoms with Crippen molar-refractivity contribution in [3.63, 3.8) is 0 Å². The van der Waals surface area contributed by atoms with Crippen LogP contribution in [0.4, 0.5) is 5.69 Å². The van der Waals surface area contributed by atoms with Gasteiger partial charge in [0.2, 0.25) is 5.88 Å². The highest BCUT2D eigenvalue weighted by molar-refractivity contribution is 14.0. The Morgan fingerprint density at radius 1 is 1.07 bits per heavy atom. The molecule has 0 radical (unpaired) electrons. The van der Waals surface area contributed by atoms with Gasteiger partial charge in [0, 0.05) is 44.5 Å². The lowest BCUT2D eigenvalue weighted by Gasteiger charge is -2.37. The SMILES string of the molecule is CCNC(=NCc1cccc(OC)n1)N1CCN(c2ccccc2)CC1.I. The summed E-state index contributed by atoms with van der Waals surface area (Å²) in [5.74, 6) is 1.57. The number of rotatable bonds is 5. The summed E-state index contributed by atoms with van der Waals surface area (Å²) in [5.41, 5.74) is 2.19. The lowest BCUT2D eigenvalue weighted by Crippen LogP contribution is -2.52. The third kappa shape index (κ3) is 5.98. The fourth-order valence-corrected chi connectivity index (χ4v) is 3.06. The van der Waals surface area contributed by atoms with E-state index in [2.05, 4.69) is 57.4 Å². The number of aliphatic imine (C=N–C) groups is 1. The summed E-state index contributed by atoms with van der Waals surface area (Å²) in [5, 5.41) is 3.40. The van der Waals surface area contributed by atoms with Crippen LogP contribution in [0.3, 0.4) is 0 Å². The molecule has 1 aliphatic rings. The Kier molecular flexibility index (Phi) is 8.63. The molecule has 7 heteroatoms. The zero-order valence-electron chi connectivity index (χ0n) is 16.0. The van der Waals surface area contributed by atoms with Crippen molar-refractivity contribution in [2.75, 3.05) is 44.7 Å². The molecule has 1 saturated heterocycles. The lowest BCUT2D eigenvalue weighted by atomic mass is 10.2. The fourth-order valence-electron chi connectivity index (χ4n) is 3.06. The van der Waals surface area contributed by atoms with Crippen LogP contribution in [0.25, 0.3) is 0 Å². The van der Waals surface area contributed by atoms with Crippen molar-refractivity contribution in [2.24, 2.45) is 4.99 Å². The van der Waals surface area contributed by atoms with Crippen molar-refractivity contribution in [2.45, 2.75) is 13.5 Å². The molecule has 2 heterocycles. The number of pyridine rings is 1. The first-order valence-corrected chi connectivity index (χ1v) is 9.13. The molecule has 6 nitrogen and oxygen atoms in total. The molecular formula is C20H28IN5O. The highest BCUT2D eigenvalue weighted by atomic mass is 127. The second-order valence-corrected chi connectivity index (χ2v) is 6.15. The first-order chi connectivity index (χ1) is 12.8. The number of guanidine groups is 1. The van der Waals surface area contributed by atoms with E-state index in [4.69, 9.17) is 9.73 Å². The van der Waals surface area contributed by atoms with Crippen LogP contribution < -0.4 is 15.0 Å². The van der Waals surface area contributed by atoms with Crippen LogP contribution >= 0.6 is 24.0 Å². The number of nitrogens with zero attached hydrogens (tertiary/aromatic N) is 4. The van der Waals surface area contributed by atoms with Crippen molar-refractivity contribution in [1.29, 1.82) is 0 Å². The minimum Gasteiger partial charge on any atom is -0.481 e. The molecule has 146 valence electrons. The van der Waals surface area contributed by atoms with Gasteiger partial charge < -0.3 is 19.9 Å². The Morgan fingerprint density at radius 2 is 1.81 bits per heavy atom. The first kappa shape index (κ1) is 21.3. The van der Waals surface area contributed by atoms with E-state index in [1.165, 1.54) is 5.69 Å². The van der Waals surface area contributed by atoms with Crippen LogP contribution in [0, 0.1) is 0 Å². The number of benzene rings is 1. The molecule has 0 unspecified atom stereocenters. The molecule has 0 spiro atoms. The van der Waals surface area contributed by atoms with E-state index < -0.39 is 0 Å². The van der Waals surface area contributed by atoms with Crippen molar-refractivity contribution < 1.29 is 4.74 Å². The van der Waals surface area contributed by atoms with Gasteiger partial charge in [-0.2, -0.15) is 0 Å². The molecule has 0 saturated carbocycles. The van der Waals surface area contributed by atoms with Crippen molar-refractivity contribution >= 4 is 35.6 Å². The van der Waals surface area contributed by atoms with E-state index in [0.29, 0.717) is 12.4 Å². The van der Waals surface area contributed by atoms with Crippen LogP contribution in [-0.4, -0.2) is 55.7 Å². The van der Waals surface area contributed by atoms with Gasteiger partial charge in [-0.25, -0.2) is 9.98 Å². The third-order valence-electron chi connectivity index (χ3n) is 4.42. The summed E-state index contributed by atoms with van der Waals surface area (Å²) in [6.07, 6.45) is 0. The quantitative estimate of drug-likeness (QED) is 0.405. The third-order valence-corrected chi connectivity index (χ3v) is 4.42. The van der Waals surface area contributed by atoms with E-state index in [9.17, 15) is 0 Å². The van der Waals surface area contributed by atoms with E-state index in [1.807, 2.05) is 18.2 Å². The molecule has 2 aromatic rings. The minimum atomic E-state index is 0. The molecule has 0 bridgehead atoms. The highest BCUT2D eigenvalue weighted by Gasteiger charge is 2.19. The maximum atomic E-state index is 5.19. The lowest BCUT2D eigenvalue weighted by molar-refractivity contribution is 0.372. The van der Waals surface area contributed by atoms with Gasteiger partial charge in [0.25, 0.3) is 0 Å². The van der Waals surface area contributed by atoms with Gasteiger partial charge in [0.05, 0.1) is 19.3 Å². The van der Waals surface area contributed by atoms with E-state index >= 15 is 0 Å². The van der Waals surface area contributed by atoms with E-state index in [0.717, 1.165) is 44.4 Å². The maximum absolute atomic E-state index is 5.19. The maximum Gasteiger partial charge on any atom is 0.213 e. The monoisotopic (exact) mass is 481 g/mol. The summed E-state index contributed by atoms with van der Waals surface area (Å²) < 4.78 is 5.19. The van der Waals surface area contributed by atoms with Crippen LogP contribution in [0.1, 0.15) is 12.6 Å². The molecule has 0 aliphatic carbocycles. The van der Waals surface area contributed by atoms with Gasteiger partial charge in [0.1, 0.15) is 0 Å².